The SMILES string of the molecule is O=C(NC1CCCCC1)c1ccccc1NS(=O)(=O)Cc1ccccc1Cl. The fourth-order valence-corrected chi connectivity index (χ4v) is 4.83. The van der Waals surface area contributed by atoms with Crippen LogP contribution in [0, 0.1) is 0 Å². The first-order chi connectivity index (χ1) is 12.9. The summed E-state index contributed by atoms with van der Waals surface area (Å²) in [6.45, 7) is 0. The molecule has 1 saturated carbocycles. The number of nitrogens with one attached hydrogen (secondary N) is 2. The normalized spacial score (nSPS) is 15.3. The molecule has 0 radical (unpaired) electrons. The first-order valence-electron chi connectivity index (χ1n) is 9.08. The van der Waals surface area contributed by atoms with Gasteiger partial charge in [-0.3, -0.25) is 9.52 Å². The van der Waals surface area contributed by atoms with Crippen LogP contribution in [-0.4, -0.2) is 20.4 Å². The molecule has 0 aliphatic heterocycles. The molecule has 144 valence electrons. The highest BCUT2D eigenvalue weighted by Crippen LogP contribution is 2.23. The largest absolute Gasteiger partial charge is 0.349 e. The average Bonchev–Trinajstić information content (AvgIpc) is 2.64. The van der Waals surface area contributed by atoms with Crippen molar-refractivity contribution in [3.63, 3.8) is 0 Å². The molecule has 2 N–H and O–H groups in total. The molecule has 0 spiro atoms. The smallest absolute Gasteiger partial charge is 0.253 e. The predicted octanol–water partition coefficient (Wildman–Crippen LogP) is 4.34. The number of halogens is 1. The van der Waals surface area contributed by atoms with E-state index in [1.165, 1.54) is 6.42 Å². The van der Waals surface area contributed by atoms with Crippen LogP contribution in [0.3, 0.4) is 0 Å². The number of hydrogen-bond acceptors (Lipinski definition) is 3. The zero-order valence-corrected chi connectivity index (χ0v) is 16.5. The quantitative estimate of drug-likeness (QED) is 0.749. The van der Waals surface area contributed by atoms with E-state index in [9.17, 15) is 13.2 Å². The number of para-hydroxylation sites is 1. The Hall–Kier alpha value is -2.05. The molecule has 1 aliphatic rings. The molecule has 1 fully saturated rings. The van der Waals surface area contributed by atoms with Crippen molar-refractivity contribution >= 4 is 33.2 Å². The van der Waals surface area contributed by atoms with Gasteiger partial charge in [0.05, 0.1) is 17.0 Å². The minimum absolute atomic E-state index is 0.152. The van der Waals surface area contributed by atoms with Crippen LogP contribution in [0.25, 0.3) is 0 Å². The standard InChI is InChI=1S/C20H23ClN2O3S/c21-18-12-6-4-8-15(18)14-27(25,26)23-19-13-7-5-11-17(19)20(24)22-16-9-2-1-3-10-16/h4-8,11-13,16,23H,1-3,9-10,14H2,(H,22,24). The lowest BCUT2D eigenvalue weighted by Gasteiger charge is -2.23. The van der Waals surface area contributed by atoms with E-state index in [-0.39, 0.29) is 23.4 Å². The summed E-state index contributed by atoms with van der Waals surface area (Å²) in [7, 11) is -3.71. The van der Waals surface area contributed by atoms with Crippen molar-refractivity contribution in [3.05, 3.63) is 64.7 Å². The number of benzene rings is 2. The molecule has 1 amide bonds. The van der Waals surface area contributed by atoms with Gasteiger partial charge < -0.3 is 5.32 Å². The summed E-state index contributed by atoms with van der Waals surface area (Å²) < 4.78 is 27.7. The first-order valence-corrected chi connectivity index (χ1v) is 11.1. The Balaban J connectivity index is 1.75. The fourth-order valence-electron chi connectivity index (χ4n) is 3.30. The molecule has 0 bridgehead atoms. The highest BCUT2D eigenvalue weighted by atomic mass is 35.5. The van der Waals surface area contributed by atoms with E-state index >= 15 is 0 Å². The van der Waals surface area contributed by atoms with Gasteiger partial charge in [-0.1, -0.05) is 61.2 Å². The maximum absolute atomic E-state index is 12.7. The van der Waals surface area contributed by atoms with Crippen molar-refractivity contribution in [2.45, 2.75) is 43.9 Å². The van der Waals surface area contributed by atoms with Gasteiger partial charge in [-0.25, -0.2) is 8.42 Å². The molecule has 0 aromatic heterocycles. The number of carbonyl (C=O) groups excluding carboxylic acids is 1. The Kier molecular flexibility index (Phi) is 6.39. The van der Waals surface area contributed by atoms with E-state index < -0.39 is 10.0 Å². The van der Waals surface area contributed by atoms with Gasteiger partial charge in [0.25, 0.3) is 5.91 Å². The van der Waals surface area contributed by atoms with Crippen molar-refractivity contribution < 1.29 is 13.2 Å². The lowest BCUT2D eigenvalue weighted by molar-refractivity contribution is 0.0928. The van der Waals surface area contributed by atoms with Gasteiger partial charge in [0.1, 0.15) is 0 Å². The number of hydrogen-bond donors (Lipinski definition) is 2. The van der Waals surface area contributed by atoms with Gasteiger partial charge in [-0.2, -0.15) is 0 Å². The average molecular weight is 407 g/mol. The number of anilines is 1. The van der Waals surface area contributed by atoms with E-state index in [1.54, 1.807) is 48.5 Å². The number of amides is 1. The lowest BCUT2D eigenvalue weighted by atomic mass is 9.95. The van der Waals surface area contributed by atoms with Gasteiger partial charge in [0.2, 0.25) is 10.0 Å². The summed E-state index contributed by atoms with van der Waals surface area (Å²) in [6.07, 6.45) is 5.34. The summed E-state index contributed by atoms with van der Waals surface area (Å²) in [6, 6.07) is 13.6. The van der Waals surface area contributed by atoms with Crippen LogP contribution in [-0.2, 0) is 15.8 Å². The fraction of sp³-hybridized carbons (Fsp3) is 0.350. The monoisotopic (exact) mass is 406 g/mol. The molecule has 0 heterocycles. The second-order valence-corrected chi connectivity index (χ2v) is 8.94. The van der Waals surface area contributed by atoms with Crippen LogP contribution in [0.5, 0.6) is 0 Å². The molecule has 5 nitrogen and oxygen atoms in total. The van der Waals surface area contributed by atoms with Crippen LogP contribution in [0.1, 0.15) is 48.0 Å². The van der Waals surface area contributed by atoms with Gasteiger partial charge in [0, 0.05) is 11.1 Å². The van der Waals surface area contributed by atoms with Gasteiger partial charge >= 0.3 is 0 Å². The Morgan fingerprint density at radius 1 is 1.00 bits per heavy atom. The van der Waals surface area contributed by atoms with Gasteiger partial charge in [0.15, 0.2) is 0 Å². The molecule has 3 rings (SSSR count). The third kappa shape index (κ3) is 5.47. The summed E-state index contributed by atoms with van der Waals surface area (Å²) in [4.78, 5) is 12.7. The van der Waals surface area contributed by atoms with E-state index in [0.717, 1.165) is 25.7 Å². The van der Waals surface area contributed by atoms with E-state index in [2.05, 4.69) is 10.0 Å². The molecule has 0 saturated heterocycles. The Labute approximate surface area is 165 Å². The predicted molar refractivity (Wildman–Crippen MR) is 108 cm³/mol. The van der Waals surface area contributed by atoms with Crippen LogP contribution in [0.4, 0.5) is 5.69 Å². The minimum atomic E-state index is -3.71. The number of sulfonamides is 1. The van der Waals surface area contributed by atoms with Crippen molar-refractivity contribution in [3.8, 4) is 0 Å². The van der Waals surface area contributed by atoms with Crippen LogP contribution in [0.2, 0.25) is 5.02 Å². The Morgan fingerprint density at radius 3 is 2.41 bits per heavy atom. The summed E-state index contributed by atoms with van der Waals surface area (Å²) >= 11 is 6.07. The van der Waals surface area contributed by atoms with Crippen molar-refractivity contribution in [1.29, 1.82) is 0 Å². The lowest BCUT2D eigenvalue weighted by Crippen LogP contribution is -2.36. The summed E-state index contributed by atoms with van der Waals surface area (Å²) in [5.74, 6) is -0.511. The number of carbonyl (C=O) groups is 1. The van der Waals surface area contributed by atoms with E-state index in [4.69, 9.17) is 11.6 Å². The molecular weight excluding hydrogens is 384 g/mol. The van der Waals surface area contributed by atoms with Crippen molar-refractivity contribution in [2.24, 2.45) is 0 Å². The van der Waals surface area contributed by atoms with Crippen molar-refractivity contribution in [1.82, 2.24) is 5.32 Å². The highest BCUT2D eigenvalue weighted by molar-refractivity contribution is 7.91. The van der Waals surface area contributed by atoms with Gasteiger partial charge in [-0.05, 0) is 36.6 Å². The molecule has 0 atom stereocenters. The van der Waals surface area contributed by atoms with Crippen LogP contribution < -0.4 is 10.0 Å². The first kappa shape index (κ1) is 19.7. The van der Waals surface area contributed by atoms with Gasteiger partial charge in [-0.15, -0.1) is 0 Å². The molecule has 2 aromatic rings. The highest BCUT2D eigenvalue weighted by Gasteiger charge is 2.21. The third-order valence-electron chi connectivity index (χ3n) is 4.68. The Morgan fingerprint density at radius 2 is 1.67 bits per heavy atom. The van der Waals surface area contributed by atoms with Crippen LogP contribution in [0.15, 0.2) is 48.5 Å². The topological polar surface area (TPSA) is 75.3 Å². The molecule has 0 unspecified atom stereocenters. The molecule has 1 aliphatic carbocycles. The molecule has 27 heavy (non-hydrogen) atoms. The zero-order chi connectivity index (χ0) is 19.3. The summed E-state index contributed by atoms with van der Waals surface area (Å²) in [5.41, 5.74) is 1.11. The zero-order valence-electron chi connectivity index (χ0n) is 14.9. The second-order valence-electron chi connectivity index (χ2n) is 6.81. The molecule has 7 heteroatoms. The van der Waals surface area contributed by atoms with Crippen molar-refractivity contribution in [2.75, 3.05) is 4.72 Å². The number of rotatable bonds is 6. The minimum Gasteiger partial charge on any atom is -0.349 e. The molecule has 2 aromatic carbocycles. The Bertz CT molecular complexity index is 909. The van der Waals surface area contributed by atoms with E-state index in [1.807, 2.05) is 0 Å². The third-order valence-corrected chi connectivity index (χ3v) is 6.27. The summed E-state index contributed by atoms with van der Waals surface area (Å²) in [5, 5.41) is 3.42. The molecular formula is C20H23ClN2O3S. The maximum Gasteiger partial charge on any atom is 0.253 e. The second kappa shape index (κ2) is 8.76. The van der Waals surface area contributed by atoms with E-state index in [0.29, 0.717) is 16.1 Å². The maximum atomic E-state index is 12.7. The van der Waals surface area contributed by atoms with Crippen LogP contribution >= 0.6 is 11.6 Å².